The summed E-state index contributed by atoms with van der Waals surface area (Å²) in [6.07, 6.45) is 0.919. The molecule has 1 aromatic rings. The van der Waals surface area contributed by atoms with Crippen molar-refractivity contribution in [2.45, 2.75) is 19.9 Å². The van der Waals surface area contributed by atoms with E-state index in [1.165, 1.54) is 4.90 Å². The lowest BCUT2D eigenvalue weighted by Crippen LogP contribution is -2.39. The highest BCUT2D eigenvalue weighted by Gasteiger charge is 2.20. The summed E-state index contributed by atoms with van der Waals surface area (Å²) in [6, 6.07) is 8.98. The van der Waals surface area contributed by atoms with E-state index in [4.69, 9.17) is 0 Å². The molecule has 0 heterocycles. The Hall–Kier alpha value is -1.40. The first kappa shape index (κ1) is 14.7. The summed E-state index contributed by atoms with van der Waals surface area (Å²) in [7, 11) is -3.61. The van der Waals surface area contributed by atoms with Gasteiger partial charge in [0.25, 0.3) is 16.0 Å². The van der Waals surface area contributed by atoms with E-state index in [9.17, 15) is 13.2 Å². The molecule has 1 aromatic carbocycles. The van der Waals surface area contributed by atoms with Crippen LogP contribution in [0.25, 0.3) is 0 Å². The Bertz CT molecular complexity index is 496. The van der Waals surface area contributed by atoms with Crippen molar-refractivity contribution in [3.63, 3.8) is 0 Å². The minimum absolute atomic E-state index is 0.0805. The standard InChI is InChI=1S/C12H17NO4S/c1-10(2)13(11-7-5-4-6-8-11)12(14)9-17-18(3,15)16/h4-8,10H,9H2,1-3H3. The van der Waals surface area contributed by atoms with Crippen molar-refractivity contribution in [2.75, 3.05) is 17.8 Å². The van der Waals surface area contributed by atoms with Crippen LogP contribution in [0, 0.1) is 0 Å². The molecule has 1 rings (SSSR count). The van der Waals surface area contributed by atoms with Crippen LogP contribution in [0.2, 0.25) is 0 Å². The van der Waals surface area contributed by atoms with Gasteiger partial charge in [0, 0.05) is 11.7 Å². The fourth-order valence-corrected chi connectivity index (χ4v) is 1.86. The van der Waals surface area contributed by atoms with E-state index in [0.29, 0.717) is 0 Å². The molecule has 5 nitrogen and oxygen atoms in total. The molecule has 0 atom stereocenters. The maximum atomic E-state index is 12.0. The summed E-state index contributed by atoms with van der Waals surface area (Å²) < 4.78 is 26.3. The largest absolute Gasteiger partial charge is 0.308 e. The fraction of sp³-hybridized carbons (Fsp3) is 0.417. The first-order chi connectivity index (χ1) is 8.31. The number of benzene rings is 1. The van der Waals surface area contributed by atoms with Crippen LogP contribution in [0.5, 0.6) is 0 Å². The smallest absolute Gasteiger partial charge is 0.264 e. The SMILES string of the molecule is CC(C)N(C(=O)COS(C)(=O)=O)c1ccccc1. The predicted octanol–water partition coefficient (Wildman–Crippen LogP) is 1.40. The van der Waals surface area contributed by atoms with Crippen molar-refractivity contribution >= 4 is 21.7 Å². The van der Waals surface area contributed by atoms with Crippen molar-refractivity contribution in [3.05, 3.63) is 30.3 Å². The summed E-state index contributed by atoms with van der Waals surface area (Å²) in [6.45, 7) is 3.22. The third-order valence-electron chi connectivity index (χ3n) is 2.22. The summed E-state index contributed by atoms with van der Waals surface area (Å²) >= 11 is 0. The van der Waals surface area contributed by atoms with E-state index in [1.807, 2.05) is 32.0 Å². The predicted molar refractivity (Wildman–Crippen MR) is 69.9 cm³/mol. The van der Waals surface area contributed by atoms with E-state index in [2.05, 4.69) is 4.18 Å². The van der Waals surface area contributed by atoms with Crippen LogP contribution < -0.4 is 4.90 Å². The molecule has 0 aliphatic carbocycles. The molecular weight excluding hydrogens is 254 g/mol. The lowest BCUT2D eigenvalue weighted by molar-refractivity contribution is -0.120. The summed E-state index contributed by atoms with van der Waals surface area (Å²) in [5, 5.41) is 0. The Morgan fingerprint density at radius 1 is 1.28 bits per heavy atom. The monoisotopic (exact) mass is 271 g/mol. The fourth-order valence-electron chi connectivity index (χ4n) is 1.55. The van der Waals surface area contributed by atoms with Gasteiger partial charge in [-0.3, -0.25) is 8.98 Å². The van der Waals surface area contributed by atoms with Crippen LogP contribution in [0.4, 0.5) is 5.69 Å². The second-order valence-corrected chi connectivity index (χ2v) is 5.80. The summed E-state index contributed by atoms with van der Waals surface area (Å²) in [4.78, 5) is 13.5. The van der Waals surface area contributed by atoms with Gasteiger partial charge in [-0.15, -0.1) is 0 Å². The number of carbonyl (C=O) groups excluding carboxylic acids is 1. The molecule has 100 valence electrons. The Labute approximate surface area is 107 Å². The Morgan fingerprint density at radius 2 is 1.83 bits per heavy atom. The molecule has 0 spiro atoms. The first-order valence-corrected chi connectivity index (χ1v) is 7.34. The minimum atomic E-state index is -3.61. The average molecular weight is 271 g/mol. The number of nitrogens with zero attached hydrogens (tertiary/aromatic N) is 1. The quantitative estimate of drug-likeness (QED) is 0.759. The molecule has 0 unspecified atom stereocenters. The zero-order valence-electron chi connectivity index (χ0n) is 10.7. The zero-order chi connectivity index (χ0) is 13.8. The Kier molecular flexibility index (Phi) is 4.86. The lowest BCUT2D eigenvalue weighted by atomic mass is 10.2. The molecule has 0 aliphatic heterocycles. The second-order valence-electron chi connectivity index (χ2n) is 4.16. The van der Waals surface area contributed by atoms with Crippen LogP contribution in [0.15, 0.2) is 30.3 Å². The van der Waals surface area contributed by atoms with Crippen molar-refractivity contribution < 1.29 is 17.4 Å². The van der Waals surface area contributed by atoms with Crippen molar-refractivity contribution in [1.82, 2.24) is 0 Å². The van der Waals surface area contributed by atoms with E-state index in [1.54, 1.807) is 12.1 Å². The minimum Gasteiger partial charge on any atom is -0.308 e. The number of hydrogen-bond donors (Lipinski definition) is 0. The zero-order valence-corrected chi connectivity index (χ0v) is 11.5. The highest BCUT2D eigenvalue weighted by Crippen LogP contribution is 2.16. The molecule has 6 heteroatoms. The van der Waals surface area contributed by atoms with Gasteiger partial charge in [0.2, 0.25) is 0 Å². The third kappa shape index (κ3) is 4.46. The number of hydrogen-bond acceptors (Lipinski definition) is 4. The van der Waals surface area contributed by atoms with Gasteiger partial charge < -0.3 is 4.90 Å². The maximum absolute atomic E-state index is 12.0. The number of carbonyl (C=O) groups is 1. The van der Waals surface area contributed by atoms with Gasteiger partial charge in [-0.05, 0) is 26.0 Å². The molecule has 0 aromatic heterocycles. The van der Waals surface area contributed by atoms with Gasteiger partial charge in [-0.1, -0.05) is 18.2 Å². The van der Waals surface area contributed by atoms with Crippen LogP contribution in [0.1, 0.15) is 13.8 Å². The van der Waals surface area contributed by atoms with E-state index >= 15 is 0 Å². The van der Waals surface area contributed by atoms with Crippen LogP contribution >= 0.6 is 0 Å². The second kappa shape index (κ2) is 5.97. The van der Waals surface area contributed by atoms with Crippen molar-refractivity contribution in [1.29, 1.82) is 0 Å². The van der Waals surface area contributed by atoms with Crippen LogP contribution in [-0.2, 0) is 19.1 Å². The third-order valence-corrected chi connectivity index (χ3v) is 2.76. The molecule has 0 fully saturated rings. The first-order valence-electron chi connectivity index (χ1n) is 5.53. The molecule has 1 amide bonds. The van der Waals surface area contributed by atoms with Gasteiger partial charge in [-0.25, -0.2) is 0 Å². The summed E-state index contributed by atoms with van der Waals surface area (Å²) in [5.41, 5.74) is 0.717. The average Bonchev–Trinajstić information content (AvgIpc) is 2.26. The number of para-hydroxylation sites is 1. The van der Waals surface area contributed by atoms with Crippen LogP contribution in [0.3, 0.4) is 0 Å². The molecule has 0 saturated heterocycles. The number of anilines is 1. The molecular formula is C12H17NO4S. The highest BCUT2D eigenvalue weighted by atomic mass is 32.2. The van der Waals surface area contributed by atoms with Gasteiger partial charge >= 0.3 is 0 Å². The van der Waals surface area contributed by atoms with Gasteiger partial charge in [0.1, 0.15) is 6.61 Å². The molecule has 0 bridgehead atoms. The topological polar surface area (TPSA) is 63.7 Å². The summed E-state index contributed by atoms with van der Waals surface area (Å²) in [5.74, 6) is -0.387. The number of amides is 1. The normalized spacial score (nSPS) is 11.6. The number of rotatable bonds is 5. The maximum Gasteiger partial charge on any atom is 0.264 e. The van der Waals surface area contributed by atoms with Gasteiger partial charge in [-0.2, -0.15) is 8.42 Å². The van der Waals surface area contributed by atoms with E-state index < -0.39 is 16.7 Å². The van der Waals surface area contributed by atoms with Gasteiger partial charge in [0.05, 0.1) is 6.26 Å². The lowest BCUT2D eigenvalue weighted by Gasteiger charge is -2.26. The van der Waals surface area contributed by atoms with Crippen molar-refractivity contribution in [3.8, 4) is 0 Å². The molecule has 0 radical (unpaired) electrons. The molecule has 0 aliphatic rings. The van der Waals surface area contributed by atoms with E-state index in [-0.39, 0.29) is 11.9 Å². The van der Waals surface area contributed by atoms with E-state index in [0.717, 1.165) is 11.9 Å². The van der Waals surface area contributed by atoms with Crippen molar-refractivity contribution in [2.24, 2.45) is 0 Å². The Morgan fingerprint density at radius 3 is 2.28 bits per heavy atom. The highest BCUT2D eigenvalue weighted by molar-refractivity contribution is 7.86. The molecule has 0 saturated carbocycles. The molecule has 18 heavy (non-hydrogen) atoms. The molecule has 0 N–H and O–H groups in total. The van der Waals surface area contributed by atoms with Gasteiger partial charge in [0.15, 0.2) is 0 Å². The van der Waals surface area contributed by atoms with Crippen LogP contribution in [-0.4, -0.2) is 33.2 Å². The Balaban J connectivity index is 2.84.